The minimum Gasteiger partial charge on any atom is -0.444 e. The van der Waals surface area contributed by atoms with Crippen molar-refractivity contribution < 1.29 is 33.4 Å². The van der Waals surface area contributed by atoms with Gasteiger partial charge in [-0.05, 0) is 171 Å². The van der Waals surface area contributed by atoms with E-state index in [9.17, 15) is 24.0 Å². The highest BCUT2D eigenvalue weighted by molar-refractivity contribution is 14.1. The quantitative estimate of drug-likeness (QED) is 0.136. The summed E-state index contributed by atoms with van der Waals surface area (Å²) < 4.78 is 12.0. The maximum atomic E-state index is 12.5. The number of rotatable bonds is 8. The number of piperidine rings is 3. The minimum atomic E-state index is -0.480. The number of nitrogens with one attached hydrogen (secondary N) is 1. The van der Waals surface area contributed by atoms with Crippen molar-refractivity contribution in [3.8, 4) is 0 Å². The summed E-state index contributed by atoms with van der Waals surface area (Å²) in [5.41, 5.74) is 7.51. The molecular formula is C63H85IN6O7. The zero-order valence-electron chi connectivity index (χ0n) is 46.8. The Kier molecular flexibility index (Phi) is 21.8. The van der Waals surface area contributed by atoms with Gasteiger partial charge >= 0.3 is 12.2 Å². The molecule has 0 spiro atoms. The van der Waals surface area contributed by atoms with E-state index in [2.05, 4.69) is 104 Å². The molecule has 0 aromatic heterocycles. The number of alkyl halides is 1. The Balaban J connectivity index is 0.000000157. The summed E-state index contributed by atoms with van der Waals surface area (Å²) in [5.74, 6) is 2.12. The normalized spacial score (nSPS) is 20.5. The highest BCUT2D eigenvalue weighted by Crippen LogP contribution is 2.32. The molecule has 3 atom stereocenters. The van der Waals surface area contributed by atoms with Gasteiger partial charge in [-0.15, -0.1) is 0 Å². The molecule has 3 unspecified atom stereocenters. The molecule has 0 saturated carbocycles. The molecule has 4 aromatic rings. The van der Waals surface area contributed by atoms with Crippen LogP contribution in [0.4, 0.5) is 26.7 Å². The number of likely N-dealkylation sites (tertiary alicyclic amines) is 3. The summed E-state index contributed by atoms with van der Waals surface area (Å²) in [6.07, 6.45) is 11.9. The summed E-state index contributed by atoms with van der Waals surface area (Å²) in [6.45, 7) is 19.4. The van der Waals surface area contributed by atoms with E-state index in [0.717, 1.165) is 106 Å². The number of halogens is 1. The van der Waals surface area contributed by atoms with Crippen molar-refractivity contribution >= 4 is 69.6 Å². The molecule has 4 aromatic carbocycles. The Hall–Kier alpha value is -5.48. The molecular weight excluding hydrogens is 1080 g/mol. The number of anilines is 3. The van der Waals surface area contributed by atoms with E-state index >= 15 is 0 Å². The number of para-hydroxylation sites is 3. The van der Waals surface area contributed by atoms with E-state index < -0.39 is 5.60 Å². The lowest BCUT2D eigenvalue weighted by molar-refractivity contribution is -0.119. The van der Waals surface area contributed by atoms with Gasteiger partial charge in [0.05, 0.1) is 0 Å². The number of hydrogen-bond donors (Lipinski definition) is 1. The van der Waals surface area contributed by atoms with Crippen LogP contribution in [0, 0.1) is 17.8 Å². The summed E-state index contributed by atoms with van der Waals surface area (Å²) in [4.78, 5) is 70.2. The van der Waals surface area contributed by atoms with Crippen molar-refractivity contribution in [1.29, 1.82) is 0 Å². The van der Waals surface area contributed by atoms with E-state index in [1.165, 1.54) is 48.1 Å². The van der Waals surface area contributed by atoms with Crippen LogP contribution in [0.1, 0.15) is 122 Å². The van der Waals surface area contributed by atoms with E-state index in [4.69, 9.17) is 9.47 Å². The van der Waals surface area contributed by atoms with E-state index in [0.29, 0.717) is 50.1 Å². The van der Waals surface area contributed by atoms with Crippen LogP contribution < -0.4 is 15.1 Å². The molecule has 6 aliphatic heterocycles. The van der Waals surface area contributed by atoms with Crippen LogP contribution >= 0.6 is 22.6 Å². The molecule has 0 aliphatic carbocycles. The van der Waals surface area contributed by atoms with E-state index in [1.807, 2.05) is 87.7 Å². The molecule has 13 nitrogen and oxygen atoms in total. The lowest BCUT2D eigenvalue weighted by Gasteiger charge is -2.38. The van der Waals surface area contributed by atoms with E-state index in [1.54, 1.807) is 4.90 Å². The molecule has 0 bridgehead atoms. The Morgan fingerprint density at radius 3 is 1.55 bits per heavy atom. The molecule has 0 radical (unpaired) electrons. The van der Waals surface area contributed by atoms with Crippen LogP contribution in [0.25, 0.3) is 0 Å². The van der Waals surface area contributed by atoms with Crippen LogP contribution in [-0.4, -0.2) is 119 Å². The zero-order valence-corrected chi connectivity index (χ0v) is 48.9. The average molecular weight is 1170 g/mol. The number of ether oxygens (including phenoxy) is 2. The van der Waals surface area contributed by atoms with Crippen molar-refractivity contribution in [1.82, 2.24) is 14.7 Å². The molecule has 416 valence electrons. The van der Waals surface area contributed by atoms with Crippen molar-refractivity contribution in [2.24, 2.45) is 17.8 Å². The van der Waals surface area contributed by atoms with Gasteiger partial charge in [0, 0.05) is 93.1 Å². The SMILES string of the molecule is CC(C)(C)OC(=O)N1CCCC(CI)C1.CC(C)(C)OC(=O)N1CCCC(CN2C(=O)CCc3ccccc32)C1.O=C1CCc2ccccc2N1.O=C1CCc2ccccc2N1CC1CCCN(CCc2ccccc2)C1. The predicted molar refractivity (Wildman–Crippen MR) is 317 cm³/mol. The third-order valence-electron chi connectivity index (χ3n) is 14.9. The number of carbonyl (C=O) groups excluding carboxylic acids is 5. The molecule has 3 fully saturated rings. The molecule has 6 heterocycles. The summed E-state index contributed by atoms with van der Waals surface area (Å²) in [7, 11) is 0. The monoisotopic (exact) mass is 1160 g/mol. The number of fused-ring (bicyclic) bond motifs is 3. The van der Waals surface area contributed by atoms with Crippen LogP contribution in [0.3, 0.4) is 0 Å². The first-order valence-electron chi connectivity index (χ1n) is 28.3. The van der Waals surface area contributed by atoms with Crippen LogP contribution in [-0.2, 0) is 49.5 Å². The molecule has 14 heteroatoms. The van der Waals surface area contributed by atoms with Crippen molar-refractivity contribution in [3.05, 3.63) is 125 Å². The maximum Gasteiger partial charge on any atom is 0.410 e. The molecule has 6 aliphatic rings. The first-order valence-corrected chi connectivity index (χ1v) is 29.9. The number of carbonyl (C=O) groups is 5. The smallest absolute Gasteiger partial charge is 0.410 e. The topological polar surface area (TPSA) is 132 Å². The molecule has 3 saturated heterocycles. The van der Waals surface area contributed by atoms with E-state index in [-0.39, 0.29) is 35.5 Å². The van der Waals surface area contributed by atoms with Gasteiger partial charge in [-0.2, -0.15) is 0 Å². The number of amides is 5. The van der Waals surface area contributed by atoms with Gasteiger partial charge in [-0.3, -0.25) is 14.4 Å². The Morgan fingerprint density at radius 1 is 0.545 bits per heavy atom. The van der Waals surface area contributed by atoms with Crippen molar-refractivity contribution in [3.63, 3.8) is 0 Å². The van der Waals surface area contributed by atoms with Gasteiger partial charge in [0.1, 0.15) is 11.2 Å². The molecule has 10 rings (SSSR count). The zero-order chi connectivity index (χ0) is 55.0. The Labute approximate surface area is 472 Å². The lowest BCUT2D eigenvalue weighted by Crippen LogP contribution is -2.47. The second-order valence-corrected chi connectivity index (χ2v) is 24.4. The lowest BCUT2D eigenvalue weighted by atomic mass is 9.94. The Bertz CT molecular complexity index is 2580. The van der Waals surface area contributed by atoms with Gasteiger partial charge in [0.15, 0.2) is 0 Å². The Morgan fingerprint density at radius 2 is 1.00 bits per heavy atom. The third-order valence-corrected chi connectivity index (χ3v) is 16.1. The number of benzene rings is 4. The summed E-state index contributed by atoms with van der Waals surface area (Å²) in [6, 6.07) is 35.2. The minimum absolute atomic E-state index is 0.128. The average Bonchev–Trinajstić information content (AvgIpc) is 3.42. The molecule has 1 N–H and O–H groups in total. The van der Waals surface area contributed by atoms with Gasteiger partial charge in [-0.1, -0.05) is 108 Å². The van der Waals surface area contributed by atoms with Crippen LogP contribution in [0.5, 0.6) is 0 Å². The fourth-order valence-corrected chi connectivity index (χ4v) is 11.8. The summed E-state index contributed by atoms with van der Waals surface area (Å²) in [5, 5.41) is 2.82. The molecule has 5 amide bonds. The van der Waals surface area contributed by atoms with Gasteiger partial charge in [0.25, 0.3) is 0 Å². The summed E-state index contributed by atoms with van der Waals surface area (Å²) >= 11 is 2.39. The second-order valence-electron chi connectivity index (χ2n) is 23.5. The number of hydrogen-bond acceptors (Lipinski definition) is 8. The predicted octanol–water partition coefficient (Wildman–Crippen LogP) is 12.2. The largest absolute Gasteiger partial charge is 0.444 e. The number of nitrogens with zero attached hydrogens (tertiary/aromatic N) is 5. The highest BCUT2D eigenvalue weighted by atomic mass is 127. The maximum absolute atomic E-state index is 12.5. The second kappa shape index (κ2) is 28.4. The van der Waals surface area contributed by atoms with Crippen molar-refractivity contribution in [2.45, 2.75) is 136 Å². The first kappa shape index (κ1) is 59.2. The third kappa shape index (κ3) is 18.6. The van der Waals surface area contributed by atoms with Gasteiger partial charge < -0.3 is 39.3 Å². The fraction of sp³-hybridized carbons (Fsp3) is 0.540. The van der Waals surface area contributed by atoms with Crippen LogP contribution in [0.15, 0.2) is 103 Å². The van der Waals surface area contributed by atoms with Gasteiger partial charge in [-0.25, -0.2) is 9.59 Å². The van der Waals surface area contributed by atoms with Crippen molar-refractivity contribution in [2.75, 3.05) is 78.4 Å². The number of aryl methyl sites for hydroxylation is 3. The first-order chi connectivity index (χ1) is 36.9. The van der Waals surface area contributed by atoms with Gasteiger partial charge in [0.2, 0.25) is 17.7 Å². The fourth-order valence-electron chi connectivity index (χ4n) is 11.1. The molecule has 77 heavy (non-hydrogen) atoms. The highest BCUT2D eigenvalue weighted by Gasteiger charge is 2.33. The van der Waals surface area contributed by atoms with Crippen LogP contribution in [0.2, 0.25) is 0 Å². The standard InChI is InChI=1S/C23H28N2O.C20H28N2O3.C11H20INO2.C9H9NO/c26-23-13-12-21-10-4-5-11-22(21)25(23)18-20-9-6-15-24(17-20)16-14-19-7-2-1-3-8-19;1-20(2,3)25-19(24)21-12-6-7-15(13-21)14-22-17-9-5-4-8-16(17)10-11-18(22)23;1-11(2,3)15-10(14)13-6-4-5-9(7-12)8-13;11-9-6-5-7-3-1-2-4-8(7)10-9/h1-5,7-8,10-11,20H,6,9,12-18H2;4-5,8-9,15H,6-7,10-14H2,1-3H3;9H,4-8H2,1-3H3;1-4H,5-6H2,(H,10,11).